The summed E-state index contributed by atoms with van der Waals surface area (Å²) in [7, 11) is 1.65. The summed E-state index contributed by atoms with van der Waals surface area (Å²) in [5, 5.41) is 3.40. The van der Waals surface area contributed by atoms with Crippen molar-refractivity contribution in [1.29, 1.82) is 0 Å². The second-order valence-electron chi connectivity index (χ2n) is 5.90. The normalized spacial score (nSPS) is 28.5. The van der Waals surface area contributed by atoms with Gasteiger partial charge >= 0.3 is 0 Å². The van der Waals surface area contributed by atoms with E-state index in [2.05, 4.69) is 17.1 Å². The highest BCUT2D eigenvalue weighted by Gasteiger charge is 2.43. The number of rotatable bonds is 3. The van der Waals surface area contributed by atoms with Crippen LogP contribution in [0.1, 0.15) is 18.9 Å². The lowest BCUT2D eigenvalue weighted by molar-refractivity contribution is -0.133. The molecule has 1 aromatic carbocycles. The van der Waals surface area contributed by atoms with Crippen LogP contribution in [0.4, 0.5) is 0 Å². The number of hydrogen-bond acceptors (Lipinski definition) is 3. The molecule has 2 heterocycles. The molecule has 0 spiro atoms. The third kappa shape index (κ3) is 2.40. The van der Waals surface area contributed by atoms with Gasteiger partial charge in [-0.2, -0.15) is 0 Å². The molecule has 3 atom stereocenters. The molecule has 1 N–H and O–H groups in total. The Morgan fingerprint density at radius 1 is 1.35 bits per heavy atom. The van der Waals surface area contributed by atoms with E-state index in [9.17, 15) is 4.79 Å². The second-order valence-corrected chi connectivity index (χ2v) is 5.90. The van der Waals surface area contributed by atoms with Crippen molar-refractivity contribution < 1.29 is 9.53 Å². The van der Waals surface area contributed by atoms with E-state index in [0.29, 0.717) is 24.4 Å². The first-order valence-electron chi connectivity index (χ1n) is 7.34. The molecule has 108 valence electrons. The standard InChI is InChI=1S/C16H22N2O2/c1-11-7-13-9-17-10-15(13)18(11)16(19)8-12-3-5-14(20-2)6-4-12/h3-6,11,13,15,17H,7-10H2,1-2H3. The molecule has 1 amide bonds. The van der Waals surface area contributed by atoms with Crippen LogP contribution in [-0.4, -0.2) is 43.1 Å². The zero-order valence-electron chi connectivity index (χ0n) is 12.1. The van der Waals surface area contributed by atoms with E-state index < -0.39 is 0 Å². The van der Waals surface area contributed by atoms with Crippen molar-refractivity contribution >= 4 is 5.91 Å². The lowest BCUT2D eigenvalue weighted by atomic mass is 10.0. The van der Waals surface area contributed by atoms with Crippen LogP contribution in [0.25, 0.3) is 0 Å². The Kier molecular flexibility index (Phi) is 3.66. The van der Waals surface area contributed by atoms with Gasteiger partial charge in [0.2, 0.25) is 5.91 Å². The molecular formula is C16H22N2O2. The van der Waals surface area contributed by atoms with Gasteiger partial charge in [-0.1, -0.05) is 12.1 Å². The number of nitrogens with zero attached hydrogens (tertiary/aromatic N) is 1. The van der Waals surface area contributed by atoms with Crippen LogP contribution in [-0.2, 0) is 11.2 Å². The molecule has 2 aliphatic rings. The van der Waals surface area contributed by atoms with E-state index in [0.717, 1.165) is 30.8 Å². The highest BCUT2D eigenvalue weighted by Crippen LogP contribution is 2.32. The quantitative estimate of drug-likeness (QED) is 0.907. The van der Waals surface area contributed by atoms with Crippen LogP contribution in [0.15, 0.2) is 24.3 Å². The summed E-state index contributed by atoms with van der Waals surface area (Å²) >= 11 is 0. The number of benzene rings is 1. The molecule has 0 bridgehead atoms. The first-order chi connectivity index (χ1) is 9.69. The maximum atomic E-state index is 12.6. The van der Waals surface area contributed by atoms with Crippen LogP contribution in [0.5, 0.6) is 5.75 Å². The third-order valence-corrected chi connectivity index (χ3v) is 4.58. The molecule has 0 saturated carbocycles. The zero-order chi connectivity index (χ0) is 14.1. The fourth-order valence-electron chi connectivity index (χ4n) is 3.60. The van der Waals surface area contributed by atoms with Crippen LogP contribution in [0.3, 0.4) is 0 Å². The van der Waals surface area contributed by atoms with E-state index in [-0.39, 0.29) is 5.91 Å². The van der Waals surface area contributed by atoms with Gasteiger partial charge < -0.3 is 15.0 Å². The van der Waals surface area contributed by atoms with Crippen LogP contribution >= 0.6 is 0 Å². The number of hydrogen-bond donors (Lipinski definition) is 1. The molecule has 2 saturated heterocycles. The molecule has 1 aromatic rings. The summed E-state index contributed by atoms with van der Waals surface area (Å²) in [4.78, 5) is 14.7. The summed E-state index contributed by atoms with van der Waals surface area (Å²) < 4.78 is 5.14. The van der Waals surface area contributed by atoms with Crippen LogP contribution in [0, 0.1) is 5.92 Å². The summed E-state index contributed by atoms with van der Waals surface area (Å²) in [6, 6.07) is 8.55. The van der Waals surface area contributed by atoms with Crippen molar-refractivity contribution in [1.82, 2.24) is 10.2 Å². The van der Waals surface area contributed by atoms with Crippen LogP contribution < -0.4 is 10.1 Å². The average molecular weight is 274 g/mol. The first-order valence-corrected chi connectivity index (χ1v) is 7.34. The van der Waals surface area contributed by atoms with Crippen molar-refractivity contribution in [3.8, 4) is 5.75 Å². The number of carbonyl (C=O) groups excluding carboxylic acids is 1. The highest BCUT2D eigenvalue weighted by atomic mass is 16.5. The molecule has 3 unspecified atom stereocenters. The van der Waals surface area contributed by atoms with Gasteiger partial charge in [0, 0.05) is 25.2 Å². The Balaban J connectivity index is 1.69. The molecule has 3 rings (SSSR count). The number of nitrogens with one attached hydrogen (secondary N) is 1. The van der Waals surface area contributed by atoms with E-state index in [1.807, 2.05) is 24.3 Å². The highest BCUT2D eigenvalue weighted by molar-refractivity contribution is 5.80. The Morgan fingerprint density at radius 2 is 2.10 bits per heavy atom. The Bertz CT molecular complexity index is 486. The molecular weight excluding hydrogens is 252 g/mol. The van der Waals surface area contributed by atoms with Gasteiger partial charge in [-0.3, -0.25) is 4.79 Å². The summed E-state index contributed by atoms with van der Waals surface area (Å²) in [5.41, 5.74) is 1.05. The molecule has 0 radical (unpaired) electrons. The lowest BCUT2D eigenvalue weighted by Crippen LogP contribution is -2.43. The first kappa shape index (κ1) is 13.4. The SMILES string of the molecule is COc1ccc(CC(=O)N2C(C)CC3CNCC32)cc1. The minimum Gasteiger partial charge on any atom is -0.497 e. The van der Waals surface area contributed by atoms with Gasteiger partial charge in [0.25, 0.3) is 0 Å². The van der Waals surface area contributed by atoms with Crippen molar-refractivity contribution in [2.24, 2.45) is 5.92 Å². The monoisotopic (exact) mass is 274 g/mol. The number of fused-ring (bicyclic) bond motifs is 1. The second kappa shape index (κ2) is 5.44. The topological polar surface area (TPSA) is 41.6 Å². The van der Waals surface area contributed by atoms with Gasteiger partial charge in [0.1, 0.15) is 5.75 Å². The third-order valence-electron chi connectivity index (χ3n) is 4.58. The van der Waals surface area contributed by atoms with Crippen molar-refractivity contribution in [2.45, 2.75) is 31.8 Å². The van der Waals surface area contributed by atoms with E-state index in [1.54, 1.807) is 7.11 Å². The number of carbonyl (C=O) groups is 1. The average Bonchev–Trinajstić information content (AvgIpc) is 2.99. The maximum absolute atomic E-state index is 12.6. The molecule has 4 heteroatoms. The van der Waals surface area contributed by atoms with Crippen molar-refractivity contribution in [3.05, 3.63) is 29.8 Å². The molecule has 4 nitrogen and oxygen atoms in total. The van der Waals surface area contributed by atoms with Gasteiger partial charge in [0.15, 0.2) is 0 Å². The smallest absolute Gasteiger partial charge is 0.227 e. The molecule has 0 aromatic heterocycles. The summed E-state index contributed by atoms with van der Waals surface area (Å²) in [6.45, 7) is 4.18. The van der Waals surface area contributed by atoms with E-state index >= 15 is 0 Å². The van der Waals surface area contributed by atoms with Gasteiger partial charge in [-0.25, -0.2) is 0 Å². The lowest BCUT2D eigenvalue weighted by Gasteiger charge is -2.27. The molecule has 0 aliphatic carbocycles. The van der Waals surface area contributed by atoms with E-state index in [4.69, 9.17) is 4.74 Å². The van der Waals surface area contributed by atoms with Gasteiger partial charge in [0.05, 0.1) is 13.5 Å². The molecule has 20 heavy (non-hydrogen) atoms. The van der Waals surface area contributed by atoms with Gasteiger partial charge in [-0.05, 0) is 37.0 Å². The number of ether oxygens (including phenoxy) is 1. The maximum Gasteiger partial charge on any atom is 0.227 e. The largest absolute Gasteiger partial charge is 0.497 e. The fourth-order valence-corrected chi connectivity index (χ4v) is 3.60. The zero-order valence-corrected chi connectivity index (χ0v) is 12.1. The van der Waals surface area contributed by atoms with Crippen molar-refractivity contribution in [3.63, 3.8) is 0 Å². The minimum absolute atomic E-state index is 0.249. The summed E-state index contributed by atoms with van der Waals surface area (Å²) in [6.07, 6.45) is 1.61. The molecule has 2 aliphatic heterocycles. The number of likely N-dealkylation sites (tertiary alicyclic amines) is 1. The summed E-state index contributed by atoms with van der Waals surface area (Å²) in [5.74, 6) is 1.72. The Morgan fingerprint density at radius 3 is 2.80 bits per heavy atom. The molecule has 2 fully saturated rings. The van der Waals surface area contributed by atoms with Crippen LogP contribution in [0.2, 0.25) is 0 Å². The van der Waals surface area contributed by atoms with E-state index in [1.165, 1.54) is 0 Å². The Hall–Kier alpha value is -1.55. The number of amides is 1. The predicted octanol–water partition coefficient (Wildman–Crippen LogP) is 1.45. The minimum atomic E-state index is 0.249. The fraction of sp³-hybridized carbons (Fsp3) is 0.562. The van der Waals surface area contributed by atoms with Gasteiger partial charge in [-0.15, -0.1) is 0 Å². The van der Waals surface area contributed by atoms with Crippen molar-refractivity contribution in [2.75, 3.05) is 20.2 Å². The number of methoxy groups -OCH3 is 1. The predicted molar refractivity (Wildman–Crippen MR) is 77.8 cm³/mol. The Labute approximate surface area is 120 Å².